The number of rotatable bonds is 10. The van der Waals surface area contributed by atoms with Crippen LogP contribution in [0, 0.1) is 0 Å². The fraction of sp³-hybridized carbons (Fsp3) is 0.207. The van der Waals surface area contributed by atoms with Crippen LogP contribution in [0.1, 0.15) is 23.1 Å². The molecule has 1 aliphatic rings. The van der Waals surface area contributed by atoms with Gasteiger partial charge in [-0.1, -0.05) is 40.2 Å². The van der Waals surface area contributed by atoms with Crippen LogP contribution in [-0.4, -0.2) is 63.1 Å². The number of hydrogen-bond acceptors (Lipinski definition) is 6. The van der Waals surface area contributed by atoms with Crippen molar-refractivity contribution in [3.05, 3.63) is 87.9 Å². The average molecular weight is 642 g/mol. The van der Waals surface area contributed by atoms with Gasteiger partial charge >= 0.3 is 5.97 Å². The van der Waals surface area contributed by atoms with Crippen molar-refractivity contribution in [3.8, 4) is 0 Å². The number of amides is 2. The molecule has 0 aromatic heterocycles. The highest BCUT2D eigenvalue weighted by Gasteiger charge is 2.29. The molecule has 0 spiro atoms. The summed E-state index contributed by atoms with van der Waals surface area (Å²) in [6.45, 7) is -0.344. The third kappa shape index (κ3) is 7.14. The van der Waals surface area contributed by atoms with E-state index in [-0.39, 0.29) is 24.8 Å². The third-order valence-electron chi connectivity index (χ3n) is 6.42. The third-order valence-corrected chi connectivity index (χ3v) is 8.06. The Morgan fingerprint density at radius 3 is 2.37 bits per heavy atom. The number of sulfonamides is 1. The average Bonchev–Trinajstić information content (AvgIpc) is 3.23. The molecule has 0 bridgehead atoms. The molecular formula is C29H29BrN4O6S. The van der Waals surface area contributed by atoms with Gasteiger partial charge in [-0.25, -0.2) is 8.42 Å². The molecule has 1 aliphatic heterocycles. The highest BCUT2D eigenvalue weighted by Crippen LogP contribution is 2.39. The van der Waals surface area contributed by atoms with E-state index >= 15 is 0 Å². The zero-order chi connectivity index (χ0) is 29.9. The molecule has 0 saturated carbocycles. The largest absolute Gasteiger partial charge is 0.481 e. The molecule has 0 fully saturated rings. The predicted octanol–water partition coefficient (Wildman–Crippen LogP) is 4.25. The number of nitrogens with zero attached hydrogens (tertiary/aromatic N) is 2. The Bertz CT molecular complexity index is 1650. The Labute approximate surface area is 246 Å². The Balaban J connectivity index is 1.76. The van der Waals surface area contributed by atoms with Gasteiger partial charge in [0.25, 0.3) is 5.91 Å². The normalized spacial score (nSPS) is 13.7. The number of carboxylic acid groups (broad SMARTS) is 1. The van der Waals surface area contributed by atoms with Gasteiger partial charge in [0.15, 0.2) is 0 Å². The number of likely N-dealkylation sites (N-methyl/N-ethyl adjacent to an activating group) is 1. The minimum absolute atomic E-state index is 0.0330. The maximum absolute atomic E-state index is 13.2. The van der Waals surface area contributed by atoms with Crippen LogP contribution in [0.25, 0.3) is 11.3 Å². The Morgan fingerprint density at radius 1 is 1.02 bits per heavy atom. The summed E-state index contributed by atoms with van der Waals surface area (Å²) in [5.41, 5.74) is 4.59. The molecule has 3 aromatic rings. The molecule has 0 saturated heterocycles. The van der Waals surface area contributed by atoms with E-state index in [4.69, 9.17) is 5.11 Å². The van der Waals surface area contributed by atoms with E-state index in [0.717, 1.165) is 20.6 Å². The lowest BCUT2D eigenvalue weighted by Gasteiger charge is -2.24. The fourth-order valence-corrected chi connectivity index (χ4v) is 5.54. The first-order chi connectivity index (χ1) is 19.3. The van der Waals surface area contributed by atoms with Gasteiger partial charge < -0.3 is 20.6 Å². The number of aliphatic carboxylic acids is 1. The minimum atomic E-state index is -3.74. The first-order valence-corrected chi connectivity index (χ1v) is 15.2. The zero-order valence-corrected chi connectivity index (χ0v) is 25.0. The zero-order valence-electron chi connectivity index (χ0n) is 22.6. The van der Waals surface area contributed by atoms with Crippen LogP contribution >= 0.6 is 15.9 Å². The first kappa shape index (κ1) is 29.8. The number of carboxylic acids is 1. The summed E-state index contributed by atoms with van der Waals surface area (Å²) in [6, 6.07) is 19.3. The standard InChI is InChI=1S/C29H29BrN4O6S/c1-33(2)25(35)17-34(41(3,39)40)22-11-9-21(10-12-22)31-28(19-6-4-5-18(15-19)7-14-26(36)37)27-23-13-8-20(30)16-24(23)32-29(27)38/h4-6,8-13,15-16,31H,7,14,17H2,1-3H3,(H,32,38)(H,36,37)/b28-27-. The molecule has 214 valence electrons. The Morgan fingerprint density at radius 2 is 1.73 bits per heavy atom. The van der Waals surface area contributed by atoms with Crippen molar-refractivity contribution in [1.29, 1.82) is 0 Å². The predicted molar refractivity (Wildman–Crippen MR) is 163 cm³/mol. The second-order valence-electron chi connectivity index (χ2n) is 9.72. The molecule has 0 radical (unpaired) electrons. The Kier molecular flexibility index (Phi) is 8.83. The van der Waals surface area contributed by atoms with Crippen molar-refractivity contribution in [2.45, 2.75) is 12.8 Å². The molecule has 4 rings (SSSR count). The van der Waals surface area contributed by atoms with Gasteiger partial charge in [0, 0.05) is 36.2 Å². The number of fused-ring (bicyclic) bond motifs is 1. The van der Waals surface area contributed by atoms with Gasteiger partial charge in [-0.05, 0) is 60.0 Å². The summed E-state index contributed by atoms with van der Waals surface area (Å²) in [5.74, 6) is -1.58. The summed E-state index contributed by atoms with van der Waals surface area (Å²) in [4.78, 5) is 38.0. The SMILES string of the molecule is CN(C)C(=O)CN(c1ccc(N/C(=C2\C(=O)Nc3cc(Br)ccc32)c2cccc(CCC(=O)O)c2)cc1)S(C)(=O)=O. The van der Waals surface area contributed by atoms with E-state index in [1.807, 2.05) is 36.4 Å². The molecule has 2 amide bonds. The first-order valence-electron chi connectivity index (χ1n) is 12.5. The minimum Gasteiger partial charge on any atom is -0.481 e. The van der Waals surface area contributed by atoms with E-state index in [2.05, 4.69) is 26.6 Å². The van der Waals surface area contributed by atoms with Crippen molar-refractivity contribution in [2.24, 2.45) is 0 Å². The number of benzene rings is 3. The number of anilines is 3. The molecule has 10 nitrogen and oxygen atoms in total. The van der Waals surface area contributed by atoms with E-state index in [0.29, 0.717) is 45.9 Å². The molecule has 3 N–H and O–H groups in total. The van der Waals surface area contributed by atoms with Crippen LogP contribution in [-0.2, 0) is 30.8 Å². The number of carbonyl (C=O) groups excluding carboxylic acids is 2. The summed E-state index contributed by atoms with van der Waals surface area (Å²) in [6.07, 6.45) is 1.33. The van der Waals surface area contributed by atoms with Gasteiger partial charge in [-0.3, -0.25) is 18.7 Å². The van der Waals surface area contributed by atoms with Gasteiger partial charge in [0.05, 0.1) is 28.9 Å². The lowest BCUT2D eigenvalue weighted by atomic mass is 9.98. The summed E-state index contributed by atoms with van der Waals surface area (Å²) >= 11 is 3.43. The fourth-order valence-electron chi connectivity index (χ4n) is 4.33. The maximum Gasteiger partial charge on any atom is 0.303 e. The quantitative estimate of drug-likeness (QED) is 0.282. The van der Waals surface area contributed by atoms with E-state index in [9.17, 15) is 22.8 Å². The van der Waals surface area contributed by atoms with Gasteiger partial charge in [0.2, 0.25) is 15.9 Å². The number of halogens is 1. The molecular weight excluding hydrogens is 612 g/mol. The van der Waals surface area contributed by atoms with Gasteiger partial charge in [-0.2, -0.15) is 0 Å². The summed E-state index contributed by atoms with van der Waals surface area (Å²) < 4.78 is 26.8. The second-order valence-corrected chi connectivity index (χ2v) is 12.5. The number of nitrogens with one attached hydrogen (secondary N) is 2. The summed E-state index contributed by atoms with van der Waals surface area (Å²) in [7, 11) is -0.635. The van der Waals surface area contributed by atoms with Crippen molar-refractivity contribution in [3.63, 3.8) is 0 Å². The van der Waals surface area contributed by atoms with Crippen molar-refractivity contribution >= 4 is 72.1 Å². The number of aryl methyl sites for hydroxylation is 1. The molecule has 12 heteroatoms. The van der Waals surface area contributed by atoms with E-state index < -0.39 is 16.0 Å². The van der Waals surface area contributed by atoms with Gasteiger partial charge in [-0.15, -0.1) is 0 Å². The summed E-state index contributed by atoms with van der Waals surface area (Å²) in [5, 5.41) is 15.4. The number of carbonyl (C=O) groups is 3. The van der Waals surface area contributed by atoms with Crippen molar-refractivity contribution < 1.29 is 27.9 Å². The molecule has 3 aromatic carbocycles. The smallest absolute Gasteiger partial charge is 0.303 e. The number of hydrogen-bond donors (Lipinski definition) is 3. The molecule has 41 heavy (non-hydrogen) atoms. The molecule has 1 heterocycles. The lowest BCUT2D eigenvalue weighted by Crippen LogP contribution is -2.39. The van der Waals surface area contributed by atoms with Gasteiger partial charge in [0.1, 0.15) is 6.54 Å². The van der Waals surface area contributed by atoms with Crippen LogP contribution in [0.15, 0.2) is 71.2 Å². The lowest BCUT2D eigenvalue weighted by molar-refractivity contribution is -0.137. The van der Waals surface area contributed by atoms with Crippen LogP contribution in [0.5, 0.6) is 0 Å². The van der Waals surface area contributed by atoms with Crippen LogP contribution in [0.2, 0.25) is 0 Å². The van der Waals surface area contributed by atoms with Crippen LogP contribution in [0.3, 0.4) is 0 Å². The van der Waals surface area contributed by atoms with E-state index in [1.54, 1.807) is 44.4 Å². The second kappa shape index (κ2) is 12.1. The molecule has 0 unspecified atom stereocenters. The molecule has 0 aliphatic carbocycles. The van der Waals surface area contributed by atoms with Crippen LogP contribution in [0.4, 0.5) is 17.1 Å². The van der Waals surface area contributed by atoms with Crippen molar-refractivity contribution in [1.82, 2.24) is 4.90 Å². The topological polar surface area (TPSA) is 136 Å². The Hall–Kier alpha value is -4.16. The highest BCUT2D eigenvalue weighted by atomic mass is 79.9. The van der Waals surface area contributed by atoms with E-state index in [1.165, 1.54) is 4.90 Å². The maximum atomic E-state index is 13.2. The monoisotopic (exact) mass is 640 g/mol. The molecule has 0 atom stereocenters. The van der Waals surface area contributed by atoms with Crippen LogP contribution < -0.4 is 14.9 Å². The van der Waals surface area contributed by atoms with Crippen molar-refractivity contribution in [2.75, 3.05) is 41.8 Å². The highest BCUT2D eigenvalue weighted by molar-refractivity contribution is 9.10.